The van der Waals surface area contributed by atoms with Gasteiger partial charge in [0.15, 0.2) is 0 Å². The van der Waals surface area contributed by atoms with Crippen LogP contribution in [-0.4, -0.2) is 5.11 Å². The van der Waals surface area contributed by atoms with Crippen LogP contribution >= 0.6 is 43.2 Å². The van der Waals surface area contributed by atoms with Gasteiger partial charge in [0, 0.05) is 4.88 Å². The van der Waals surface area contributed by atoms with E-state index in [4.69, 9.17) is 0 Å². The van der Waals surface area contributed by atoms with Crippen LogP contribution in [0, 0.1) is 12.7 Å². The van der Waals surface area contributed by atoms with E-state index in [1.54, 1.807) is 23.5 Å². The van der Waals surface area contributed by atoms with E-state index in [-0.39, 0.29) is 5.82 Å². The lowest BCUT2D eigenvalue weighted by Crippen LogP contribution is -2.00. The average molecular weight is 380 g/mol. The number of halogens is 3. The van der Waals surface area contributed by atoms with Crippen LogP contribution in [-0.2, 0) is 0 Å². The Labute approximate surface area is 120 Å². The third-order valence-electron chi connectivity index (χ3n) is 2.48. The Bertz CT molecular complexity index is 553. The SMILES string of the molecule is Cc1sc(Br)cc1C(O)c1ccc(Br)c(F)c1. The maximum atomic E-state index is 13.4. The van der Waals surface area contributed by atoms with Gasteiger partial charge in [0.1, 0.15) is 11.9 Å². The first kappa shape index (κ1) is 13.2. The lowest BCUT2D eigenvalue weighted by atomic mass is 10.0. The smallest absolute Gasteiger partial charge is 0.137 e. The first-order valence-electron chi connectivity index (χ1n) is 4.88. The molecular weight excluding hydrogens is 371 g/mol. The van der Waals surface area contributed by atoms with Crippen LogP contribution in [0.3, 0.4) is 0 Å². The second-order valence-electron chi connectivity index (χ2n) is 3.64. The maximum absolute atomic E-state index is 13.4. The van der Waals surface area contributed by atoms with E-state index in [2.05, 4.69) is 31.9 Å². The highest BCUT2D eigenvalue weighted by molar-refractivity contribution is 9.11. The number of aliphatic hydroxyl groups excluding tert-OH is 1. The average Bonchev–Trinajstić information content (AvgIpc) is 2.61. The van der Waals surface area contributed by atoms with E-state index >= 15 is 0 Å². The fourth-order valence-corrected chi connectivity index (χ4v) is 3.58. The zero-order chi connectivity index (χ0) is 12.6. The van der Waals surface area contributed by atoms with Gasteiger partial charge in [-0.25, -0.2) is 4.39 Å². The van der Waals surface area contributed by atoms with Crippen molar-refractivity contribution in [1.29, 1.82) is 0 Å². The van der Waals surface area contributed by atoms with Crippen molar-refractivity contribution < 1.29 is 9.50 Å². The summed E-state index contributed by atoms with van der Waals surface area (Å²) in [6, 6.07) is 6.53. The van der Waals surface area contributed by atoms with E-state index in [9.17, 15) is 9.50 Å². The molecular formula is C12H9Br2FOS. The van der Waals surface area contributed by atoms with Gasteiger partial charge < -0.3 is 5.11 Å². The minimum Gasteiger partial charge on any atom is -0.384 e. The molecule has 0 amide bonds. The molecule has 1 heterocycles. The Balaban J connectivity index is 2.40. The second-order valence-corrected chi connectivity index (χ2v) is 7.13. The molecule has 2 aromatic rings. The van der Waals surface area contributed by atoms with E-state index < -0.39 is 6.10 Å². The van der Waals surface area contributed by atoms with Gasteiger partial charge in [0.25, 0.3) is 0 Å². The molecule has 1 N–H and O–H groups in total. The molecule has 0 spiro atoms. The van der Waals surface area contributed by atoms with Gasteiger partial charge in [-0.15, -0.1) is 11.3 Å². The van der Waals surface area contributed by atoms with Crippen LogP contribution in [0.2, 0.25) is 0 Å². The fraction of sp³-hybridized carbons (Fsp3) is 0.167. The standard InChI is InChI=1S/C12H9Br2FOS/c1-6-8(5-11(14)17-6)12(16)7-2-3-9(13)10(15)4-7/h2-5,12,16H,1H3. The molecule has 5 heteroatoms. The molecule has 1 atom stereocenters. The number of rotatable bonds is 2. The zero-order valence-electron chi connectivity index (χ0n) is 8.88. The van der Waals surface area contributed by atoms with Crippen LogP contribution < -0.4 is 0 Å². The fourth-order valence-electron chi connectivity index (χ4n) is 1.59. The quantitative estimate of drug-likeness (QED) is 0.794. The monoisotopic (exact) mass is 378 g/mol. The van der Waals surface area contributed by atoms with Gasteiger partial charge in [-0.1, -0.05) is 6.07 Å². The van der Waals surface area contributed by atoms with Crippen LogP contribution in [0.5, 0.6) is 0 Å². The molecule has 0 saturated heterocycles. The lowest BCUT2D eigenvalue weighted by Gasteiger charge is -2.11. The van der Waals surface area contributed by atoms with Crippen molar-refractivity contribution in [2.75, 3.05) is 0 Å². The summed E-state index contributed by atoms with van der Waals surface area (Å²) >= 11 is 8.02. The van der Waals surface area contributed by atoms with Crippen LogP contribution in [0.4, 0.5) is 4.39 Å². The van der Waals surface area contributed by atoms with Gasteiger partial charge in [0.2, 0.25) is 0 Å². The molecule has 0 saturated carbocycles. The van der Waals surface area contributed by atoms with Crippen molar-refractivity contribution in [1.82, 2.24) is 0 Å². The van der Waals surface area contributed by atoms with Crippen molar-refractivity contribution in [3.8, 4) is 0 Å². The van der Waals surface area contributed by atoms with Crippen molar-refractivity contribution in [2.45, 2.75) is 13.0 Å². The summed E-state index contributed by atoms with van der Waals surface area (Å²) in [5.41, 5.74) is 1.36. The Morgan fingerprint density at radius 2 is 2.00 bits per heavy atom. The predicted octanol–water partition coefficient (Wildman–Crippen LogP) is 4.80. The third kappa shape index (κ3) is 2.78. The third-order valence-corrected chi connectivity index (χ3v) is 4.69. The van der Waals surface area contributed by atoms with E-state index in [1.165, 1.54) is 6.07 Å². The maximum Gasteiger partial charge on any atom is 0.137 e. The number of aryl methyl sites for hydroxylation is 1. The molecule has 90 valence electrons. The molecule has 0 bridgehead atoms. The summed E-state index contributed by atoms with van der Waals surface area (Å²) in [4.78, 5) is 1.02. The van der Waals surface area contributed by atoms with Crippen LogP contribution in [0.25, 0.3) is 0 Å². The number of hydrogen-bond acceptors (Lipinski definition) is 2. The first-order valence-corrected chi connectivity index (χ1v) is 7.28. The number of thiophene rings is 1. The van der Waals surface area contributed by atoms with Gasteiger partial charge in [-0.3, -0.25) is 0 Å². The highest BCUT2D eigenvalue weighted by Crippen LogP contribution is 2.34. The summed E-state index contributed by atoms with van der Waals surface area (Å²) in [6.45, 7) is 1.93. The van der Waals surface area contributed by atoms with Crippen LogP contribution in [0.15, 0.2) is 32.5 Å². The first-order chi connectivity index (χ1) is 7.99. The molecule has 1 nitrogen and oxygen atoms in total. The second kappa shape index (κ2) is 5.18. The molecule has 0 radical (unpaired) electrons. The van der Waals surface area contributed by atoms with Gasteiger partial charge >= 0.3 is 0 Å². The zero-order valence-corrected chi connectivity index (χ0v) is 12.9. The van der Waals surface area contributed by atoms with Gasteiger partial charge in [-0.2, -0.15) is 0 Å². The minimum atomic E-state index is -0.792. The topological polar surface area (TPSA) is 20.2 Å². The Morgan fingerprint density at radius 3 is 2.53 bits per heavy atom. The predicted molar refractivity (Wildman–Crippen MR) is 74.9 cm³/mol. The highest BCUT2D eigenvalue weighted by Gasteiger charge is 2.16. The van der Waals surface area contributed by atoms with E-state index in [1.807, 2.05) is 13.0 Å². The van der Waals surface area contributed by atoms with Gasteiger partial charge in [-0.05, 0) is 68.1 Å². The molecule has 2 rings (SSSR count). The Kier molecular flexibility index (Phi) is 4.02. The summed E-state index contributed by atoms with van der Waals surface area (Å²) in [5, 5.41) is 10.2. The lowest BCUT2D eigenvalue weighted by molar-refractivity contribution is 0.219. The number of benzene rings is 1. The van der Waals surface area contributed by atoms with Crippen molar-refractivity contribution >= 4 is 43.2 Å². The molecule has 1 aromatic heterocycles. The Morgan fingerprint density at radius 1 is 1.29 bits per heavy atom. The molecule has 1 unspecified atom stereocenters. The largest absolute Gasteiger partial charge is 0.384 e. The number of aliphatic hydroxyl groups is 1. The number of hydrogen-bond donors (Lipinski definition) is 1. The van der Waals surface area contributed by atoms with Gasteiger partial charge in [0.05, 0.1) is 8.26 Å². The highest BCUT2D eigenvalue weighted by atomic mass is 79.9. The molecule has 0 aliphatic rings. The minimum absolute atomic E-state index is 0.367. The normalized spacial score (nSPS) is 12.8. The van der Waals surface area contributed by atoms with E-state index in [0.717, 1.165) is 14.2 Å². The van der Waals surface area contributed by atoms with Crippen molar-refractivity contribution in [3.05, 3.63) is 54.3 Å². The molecule has 1 aromatic carbocycles. The molecule has 0 aliphatic heterocycles. The summed E-state index contributed by atoms with van der Waals surface area (Å²) in [6.07, 6.45) is -0.792. The molecule has 0 fully saturated rings. The summed E-state index contributed by atoms with van der Waals surface area (Å²) < 4.78 is 14.8. The molecule has 17 heavy (non-hydrogen) atoms. The van der Waals surface area contributed by atoms with Crippen molar-refractivity contribution in [3.63, 3.8) is 0 Å². The van der Waals surface area contributed by atoms with E-state index in [0.29, 0.717) is 10.0 Å². The van der Waals surface area contributed by atoms with Crippen LogP contribution in [0.1, 0.15) is 22.1 Å². The molecule has 0 aliphatic carbocycles. The Hall–Kier alpha value is -0.230. The summed E-state index contributed by atoms with van der Waals surface area (Å²) in [5.74, 6) is -0.367. The van der Waals surface area contributed by atoms with Crippen molar-refractivity contribution in [2.24, 2.45) is 0 Å². The summed E-state index contributed by atoms with van der Waals surface area (Å²) in [7, 11) is 0.